The van der Waals surface area contributed by atoms with Gasteiger partial charge in [0.25, 0.3) is 0 Å². The van der Waals surface area contributed by atoms with Crippen molar-refractivity contribution in [2.24, 2.45) is 0 Å². The summed E-state index contributed by atoms with van der Waals surface area (Å²) in [4.78, 5) is 0. The number of nitrogens with zero attached hydrogens (tertiary/aromatic N) is 1. The molecule has 0 atom stereocenters. The number of benzene rings is 2. The van der Waals surface area contributed by atoms with Crippen LogP contribution in [-0.4, -0.2) is 0 Å². The van der Waals surface area contributed by atoms with Crippen LogP contribution in [0.15, 0.2) is 36.4 Å². The fraction of sp³-hybridized carbons (Fsp3) is 0.133. The molecule has 0 unspecified atom stereocenters. The molecule has 0 fully saturated rings. The predicted molar refractivity (Wildman–Crippen MR) is 79.1 cm³/mol. The van der Waals surface area contributed by atoms with Crippen LogP contribution < -0.4 is 11.1 Å². The average Bonchev–Trinajstić information content (AvgIpc) is 2.42. The minimum atomic E-state index is 0.549. The van der Waals surface area contributed by atoms with Crippen molar-refractivity contribution in [3.63, 3.8) is 0 Å². The Morgan fingerprint density at radius 2 is 1.95 bits per heavy atom. The molecule has 0 saturated heterocycles. The first-order chi connectivity index (χ1) is 9.10. The number of aryl methyl sites for hydroxylation is 1. The molecule has 2 aromatic carbocycles. The van der Waals surface area contributed by atoms with Crippen LogP contribution in [-0.2, 0) is 6.54 Å². The molecule has 19 heavy (non-hydrogen) atoms. The van der Waals surface area contributed by atoms with Crippen LogP contribution in [0.25, 0.3) is 0 Å². The molecule has 0 spiro atoms. The topological polar surface area (TPSA) is 61.8 Å². The van der Waals surface area contributed by atoms with Gasteiger partial charge in [-0.05, 0) is 42.3 Å². The largest absolute Gasteiger partial charge is 0.398 e. The third-order valence-electron chi connectivity index (χ3n) is 2.91. The zero-order valence-electron chi connectivity index (χ0n) is 10.6. The first-order valence-corrected chi connectivity index (χ1v) is 6.26. The summed E-state index contributed by atoms with van der Waals surface area (Å²) in [7, 11) is 0. The molecule has 3 nitrogen and oxygen atoms in total. The van der Waals surface area contributed by atoms with Crippen LogP contribution in [0.3, 0.4) is 0 Å². The second kappa shape index (κ2) is 5.64. The maximum absolute atomic E-state index is 8.74. The summed E-state index contributed by atoms with van der Waals surface area (Å²) < 4.78 is 0. The first kappa shape index (κ1) is 13.3. The van der Waals surface area contributed by atoms with Gasteiger partial charge in [-0.25, -0.2) is 0 Å². The number of hydrogen-bond acceptors (Lipinski definition) is 3. The molecule has 0 heterocycles. The summed E-state index contributed by atoms with van der Waals surface area (Å²) in [6, 6.07) is 13.3. The van der Waals surface area contributed by atoms with Crippen LogP contribution in [0.1, 0.15) is 16.7 Å². The van der Waals surface area contributed by atoms with E-state index >= 15 is 0 Å². The van der Waals surface area contributed by atoms with Crippen LogP contribution in [0.5, 0.6) is 0 Å². The summed E-state index contributed by atoms with van der Waals surface area (Å²) in [6.07, 6.45) is 0. The predicted octanol–water partition coefficient (Wildman–Crippen LogP) is 3.71. The van der Waals surface area contributed by atoms with E-state index in [1.165, 1.54) is 0 Å². The number of rotatable bonds is 3. The van der Waals surface area contributed by atoms with Gasteiger partial charge < -0.3 is 11.1 Å². The van der Waals surface area contributed by atoms with Gasteiger partial charge in [-0.3, -0.25) is 0 Å². The van der Waals surface area contributed by atoms with E-state index in [1.807, 2.05) is 31.2 Å². The maximum atomic E-state index is 8.74. The number of nitrogens with one attached hydrogen (secondary N) is 1. The van der Waals surface area contributed by atoms with E-state index in [-0.39, 0.29) is 0 Å². The molecular formula is C15H14ClN3. The van der Waals surface area contributed by atoms with E-state index in [4.69, 9.17) is 22.6 Å². The van der Waals surface area contributed by atoms with Gasteiger partial charge in [-0.15, -0.1) is 0 Å². The Morgan fingerprint density at radius 1 is 1.26 bits per heavy atom. The molecule has 2 rings (SSSR count). The molecule has 0 radical (unpaired) electrons. The Labute approximate surface area is 117 Å². The average molecular weight is 272 g/mol. The van der Waals surface area contributed by atoms with Crippen molar-refractivity contribution in [1.82, 2.24) is 0 Å². The summed E-state index contributed by atoms with van der Waals surface area (Å²) in [6.45, 7) is 2.65. The quantitative estimate of drug-likeness (QED) is 0.837. The lowest BCUT2D eigenvalue weighted by molar-refractivity contribution is 1.14. The van der Waals surface area contributed by atoms with Gasteiger partial charge >= 0.3 is 0 Å². The maximum Gasteiger partial charge on any atom is 0.0991 e. The molecule has 0 bridgehead atoms. The molecule has 0 aliphatic rings. The summed E-state index contributed by atoms with van der Waals surface area (Å²) in [5.41, 5.74) is 10.1. The van der Waals surface area contributed by atoms with E-state index in [9.17, 15) is 0 Å². The van der Waals surface area contributed by atoms with E-state index in [2.05, 4.69) is 11.4 Å². The van der Waals surface area contributed by atoms with Crippen molar-refractivity contribution >= 4 is 23.0 Å². The third kappa shape index (κ3) is 3.18. The Morgan fingerprint density at radius 3 is 2.58 bits per heavy atom. The minimum absolute atomic E-state index is 0.549. The van der Waals surface area contributed by atoms with Gasteiger partial charge in [0.1, 0.15) is 0 Å². The Balaban J connectivity index is 2.10. The molecule has 0 aromatic heterocycles. The van der Waals surface area contributed by atoms with Gasteiger partial charge in [0, 0.05) is 12.2 Å². The number of nitrogens with two attached hydrogens (primary N) is 1. The summed E-state index contributed by atoms with van der Waals surface area (Å²) >= 11 is 6.01. The van der Waals surface area contributed by atoms with Crippen LogP contribution >= 0.6 is 11.6 Å². The normalized spacial score (nSPS) is 9.95. The molecule has 4 heteroatoms. The van der Waals surface area contributed by atoms with Crippen molar-refractivity contribution in [2.45, 2.75) is 13.5 Å². The fourth-order valence-electron chi connectivity index (χ4n) is 1.79. The van der Waals surface area contributed by atoms with Crippen LogP contribution in [0.4, 0.5) is 11.4 Å². The van der Waals surface area contributed by atoms with Crippen LogP contribution in [0, 0.1) is 18.3 Å². The molecule has 0 saturated carbocycles. The van der Waals surface area contributed by atoms with Crippen molar-refractivity contribution < 1.29 is 0 Å². The third-order valence-corrected chi connectivity index (χ3v) is 3.24. The second-order valence-corrected chi connectivity index (χ2v) is 4.76. The van der Waals surface area contributed by atoms with E-state index in [0.29, 0.717) is 22.8 Å². The number of nitrogen functional groups attached to an aromatic ring is 1. The van der Waals surface area contributed by atoms with E-state index < -0.39 is 0 Å². The highest BCUT2D eigenvalue weighted by molar-refractivity contribution is 6.33. The molecule has 0 aliphatic carbocycles. The molecule has 0 amide bonds. The minimum Gasteiger partial charge on any atom is -0.398 e. The zero-order chi connectivity index (χ0) is 13.8. The van der Waals surface area contributed by atoms with Gasteiger partial charge in [-0.1, -0.05) is 23.7 Å². The van der Waals surface area contributed by atoms with Crippen molar-refractivity contribution in [3.8, 4) is 6.07 Å². The highest BCUT2D eigenvalue weighted by atomic mass is 35.5. The number of nitriles is 1. The number of hydrogen-bond donors (Lipinski definition) is 2. The molecule has 0 aliphatic heterocycles. The zero-order valence-corrected chi connectivity index (χ0v) is 11.3. The lowest BCUT2D eigenvalue weighted by atomic mass is 10.1. The Bertz CT molecular complexity index is 627. The second-order valence-electron chi connectivity index (χ2n) is 4.35. The van der Waals surface area contributed by atoms with Crippen molar-refractivity contribution in [2.75, 3.05) is 11.1 Å². The van der Waals surface area contributed by atoms with E-state index in [0.717, 1.165) is 16.8 Å². The highest BCUT2D eigenvalue weighted by Gasteiger charge is 2.03. The van der Waals surface area contributed by atoms with Gasteiger partial charge in [0.2, 0.25) is 0 Å². The summed E-state index contributed by atoms with van der Waals surface area (Å²) in [5.74, 6) is 0. The molecule has 3 N–H and O–H groups in total. The van der Waals surface area contributed by atoms with E-state index in [1.54, 1.807) is 12.1 Å². The lowest BCUT2D eigenvalue weighted by Crippen LogP contribution is -2.02. The standard InChI is InChI=1S/C15H14ClN3/c1-10-6-14(18)13(16)7-15(10)19-9-12-4-2-11(8-17)3-5-12/h2-7,19H,9,18H2,1H3. The highest BCUT2D eigenvalue weighted by Crippen LogP contribution is 2.27. The Hall–Kier alpha value is -2.18. The smallest absolute Gasteiger partial charge is 0.0991 e. The fourth-order valence-corrected chi connectivity index (χ4v) is 1.95. The lowest BCUT2D eigenvalue weighted by Gasteiger charge is -2.11. The van der Waals surface area contributed by atoms with Crippen molar-refractivity contribution in [1.29, 1.82) is 5.26 Å². The summed E-state index contributed by atoms with van der Waals surface area (Å²) in [5, 5.41) is 12.6. The van der Waals surface area contributed by atoms with Gasteiger partial charge in [0.15, 0.2) is 0 Å². The SMILES string of the molecule is Cc1cc(N)c(Cl)cc1NCc1ccc(C#N)cc1. The van der Waals surface area contributed by atoms with Gasteiger partial charge in [0.05, 0.1) is 22.3 Å². The van der Waals surface area contributed by atoms with Crippen LogP contribution in [0.2, 0.25) is 5.02 Å². The number of anilines is 2. The van der Waals surface area contributed by atoms with Crippen molar-refractivity contribution in [3.05, 3.63) is 58.1 Å². The molecule has 96 valence electrons. The van der Waals surface area contributed by atoms with Gasteiger partial charge in [-0.2, -0.15) is 5.26 Å². The number of halogens is 1. The Kier molecular flexibility index (Phi) is 3.94. The monoisotopic (exact) mass is 271 g/mol. The molecule has 2 aromatic rings. The first-order valence-electron chi connectivity index (χ1n) is 5.88. The molecular weight excluding hydrogens is 258 g/mol.